The zero-order valence-corrected chi connectivity index (χ0v) is 12.1. The van der Waals surface area contributed by atoms with E-state index in [1.165, 1.54) is 6.26 Å². The molecule has 1 fully saturated rings. The summed E-state index contributed by atoms with van der Waals surface area (Å²) in [7, 11) is 0. The molecule has 1 aromatic heterocycles. The summed E-state index contributed by atoms with van der Waals surface area (Å²) in [4.78, 5) is 12.2. The maximum atomic E-state index is 12.2. The highest BCUT2D eigenvalue weighted by Gasteiger charge is 2.47. The molecular weight excluding hydrogens is 290 g/mol. The molecule has 1 saturated carbocycles. The van der Waals surface area contributed by atoms with Crippen molar-refractivity contribution in [3.05, 3.63) is 59.0 Å². The summed E-state index contributed by atoms with van der Waals surface area (Å²) in [5.41, 5.74) is -0.753. The smallest absolute Gasteiger partial charge is 0.252 e. The third-order valence-corrected chi connectivity index (χ3v) is 4.17. The Balaban J connectivity index is 1.74. The van der Waals surface area contributed by atoms with Crippen molar-refractivity contribution < 1.29 is 14.3 Å². The lowest BCUT2D eigenvalue weighted by Gasteiger charge is -2.26. The van der Waals surface area contributed by atoms with E-state index in [0.29, 0.717) is 16.3 Å². The molecule has 1 aromatic carbocycles. The highest BCUT2D eigenvalue weighted by atomic mass is 35.5. The van der Waals surface area contributed by atoms with Gasteiger partial charge in [-0.2, -0.15) is 0 Å². The minimum absolute atomic E-state index is 0.106. The first-order chi connectivity index (χ1) is 10.1. The number of furan rings is 1. The molecule has 4 nitrogen and oxygen atoms in total. The number of hydrogen-bond donors (Lipinski definition) is 2. The van der Waals surface area contributed by atoms with Gasteiger partial charge in [0.2, 0.25) is 0 Å². The van der Waals surface area contributed by atoms with Gasteiger partial charge in [-0.15, -0.1) is 0 Å². The van der Waals surface area contributed by atoms with Gasteiger partial charge in [-0.1, -0.05) is 23.7 Å². The number of halogens is 1. The zero-order valence-electron chi connectivity index (χ0n) is 11.4. The van der Waals surface area contributed by atoms with Crippen molar-refractivity contribution in [1.29, 1.82) is 0 Å². The minimum atomic E-state index is -1.15. The number of aliphatic hydroxyl groups is 1. The van der Waals surface area contributed by atoms with E-state index in [2.05, 4.69) is 5.32 Å². The van der Waals surface area contributed by atoms with E-state index in [9.17, 15) is 9.90 Å². The quantitative estimate of drug-likeness (QED) is 0.892. The average Bonchev–Trinajstić information content (AvgIpc) is 3.20. The Morgan fingerprint density at radius 3 is 2.71 bits per heavy atom. The van der Waals surface area contributed by atoms with E-state index in [1.54, 1.807) is 36.4 Å². The van der Waals surface area contributed by atoms with Crippen LogP contribution >= 0.6 is 11.6 Å². The highest BCUT2D eigenvalue weighted by molar-refractivity contribution is 6.33. The third-order valence-electron chi connectivity index (χ3n) is 3.84. The van der Waals surface area contributed by atoms with Crippen LogP contribution in [0.5, 0.6) is 0 Å². The minimum Gasteiger partial charge on any atom is -0.466 e. The average molecular weight is 306 g/mol. The largest absolute Gasteiger partial charge is 0.466 e. The fourth-order valence-electron chi connectivity index (χ4n) is 2.47. The molecule has 0 bridgehead atoms. The molecule has 1 unspecified atom stereocenters. The molecule has 0 aliphatic heterocycles. The van der Waals surface area contributed by atoms with Gasteiger partial charge in [0.05, 0.1) is 23.4 Å². The van der Waals surface area contributed by atoms with Crippen molar-refractivity contribution in [1.82, 2.24) is 5.32 Å². The Morgan fingerprint density at radius 2 is 2.10 bits per heavy atom. The Bertz CT molecular complexity index is 637. The first-order valence-electron chi connectivity index (χ1n) is 6.90. The van der Waals surface area contributed by atoms with Gasteiger partial charge in [0.25, 0.3) is 5.91 Å². The van der Waals surface area contributed by atoms with Crippen LogP contribution in [-0.4, -0.2) is 17.6 Å². The molecule has 110 valence electrons. The van der Waals surface area contributed by atoms with Crippen LogP contribution in [0.4, 0.5) is 0 Å². The van der Waals surface area contributed by atoms with Crippen LogP contribution in [0.1, 0.15) is 29.0 Å². The Kier molecular flexibility index (Phi) is 3.74. The molecule has 1 aliphatic carbocycles. The third kappa shape index (κ3) is 2.82. The SMILES string of the molecule is O=C(NCC(O)(c1ccco1)C1CC1)c1ccccc1Cl. The van der Waals surface area contributed by atoms with E-state index < -0.39 is 5.60 Å². The van der Waals surface area contributed by atoms with Crippen molar-refractivity contribution in [2.75, 3.05) is 6.54 Å². The molecule has 2 aromatic rings. The molecule has 21 heavy (non-hydrogen) atoms. The van der Waals surface area contributed by atoms with Gasteiger partial charge in [-0.05, 0) is 43.0 Å². The van der Waals surface area contributed by atoms with Gasteiger partial charge in [0.1, 0.15) is 11.4 Å². The van der Waals surface area contributed by atoms with Gasteiger partial charge in [-0.25, -0.2) is 0 Å². The summed E-state index contributed by atoms with van der Waals surface area (Å²) in [6, 6.07) is 10.3. The topological polar surface area (TPSA) is 62.5 Å². The second-order valence-electron chi connectivity index (χ2n) is 5.34. The van der Waals surface area contributed by atoms with E-state index >= 15 is 0 Å². The van der Waals surface area contributed by atoms with Crippen molar-refractivity contribution in [3.63, 3.8) is 0 Å². The molecule has 3 rings (SSSR count). The lowest BCUT2D eigenvalue weighted by Crippen LogP contribution is -2.42. The van der Waals surface area contributed by atoms with Crippen LogP contribution < -0.4 is 5.32 Å². The number of hydrogen-bond acceptors (Lipinski definition) is 3. The molecule has 0 radical (unpaired) electrons. The number of carbonyl (C=O) groups is 1. The summed E-state index contributed by atoms with van der Waals surface area (Å²) in [6.07, 6.45) is 3.39. The Morgan fingerprint density at radius 1 is 1.33 bits per heavy atom. The van der Waals surface area contributed by atoms with E-state index in [0.717, 1.165) is 12.8 Å². The van der Waals surface area contributed by atoms with Crippen LogP contribution in [0.15, 0.2) is 47.1 Å². The first-order valence-corrected chi connectivity index (χ1v) is 7.28. The second-order valence-corrected chi connectivity index (χ2v) is 5.75. The molecule has 1 amide bonds. The Labute approximate surface area is 127 Å². The van der Waals surface area contributed by atoms with E-state index in [4.69, 9.17) is 16.0 Å². The zero-order chi connectivity index (χ0) is 14.9. The standard InChI is InChI=1S/C16H16ClNO3/c17-13-5-2-1-4-12(13)15(19)18-10-16(20,11-7-8-11)14-6-3-9-21-14/h1-6,9,11,20H,7-8,10H2,(H,18,19). The van der Waals surface area contributed by atoms with Crippen LogP contribution in [0.3, 0.4) is 0 Å². The highest BCUT2D eigenvalue weighted by Crippen LogP contribution is 2.45. The number of nitrogens with one attached hydrogen (secondary N) is 1. The van der Waals surface area contributed by atoms with Gasteiger partial charge in [-0.3, -0.25) is 4.79 Å². The normalized spacial score (nSPS) is 17.2. The van der Waals surface area contributed by atoms with E-state index in [1.807, 2.05) is 0 Å². The van der Waals surface area contributed by atoms with Gasteiger partial charge in [0.15, 0.2) is 0 Å². The summed E-state index contributed by atoms with van der Waals surface area (Å²) in [6.45, 7) is 0.106. The Hall–Kier alpha value is -1.78. The molecule has 1 aliphatic rings. The monoisotopic (exact) mass is 305 g/mol. The maximum Gasteiger partial charge on any atom is 0.252 e. The molecule has 2 N–H and O–H groups in total. The summed E-state index contributed by atoms with van der Waals surface area (Å²) in [5.74, 6) is 0.311. The van der Waals surface area contributed by atoms with Crippen LogP contribution in [0.2, 0.25) is 5.02 Å². The van der Waals surface area contributed by atoms with Crippen molar-refractivity contribution in [2.24, 2.45) is 5.92 Å². The fourth-order valence-corrected chi connectivity index (χ4v) is 2.70. The lowest BCUT2D eigenvalue weighted by atomic mass is 9.94. The van der Waals surface area contributed by atoms with Crippen LogP contribution in [-0.2, 0) is 5.60 Å². The van der Waals surface area contributed by atoms with E-state index in [-0.39, 0.29) is 18.4 Å². The van der Waals surface area contributed by atoms with Crippen LogP contribution in [0.25, 0.3) is 0 Å². The predicted molar refractivity (Wildman–Crippen MR) is 79.1 cm³/mol. The van der Waals surface area contributed by atoms with Gasteiger partial charge < -0.3 is 14.8 Å². The number of benzene rings is 1. The first kappa shape index (κ1) is 14.2. The summed E-state index contributed by atoms with van der Waals surface area (Å²) >= 11 is 6.00. The molecule has 5 heteroatoms. The van der Waals surface area contributed by atoms with Gasteiger partial charge >= 0.3 is 0 Å². The molecular formula is C16H16ClNO3. The van der Waals surface area contributed by atoms with Crippen LogP contribution in [0, 0.1) is 5.92 Å². The number of rotatable bonds is 5. The van der Waals surface area contributed by atoms with Crippen molar-refractivity contribution in [2.45, 2.75) is 18.4 Å². The number of amides is 1. The predicted octanol–water partition coefficient (Wildman–Crippen LogP) is 2.96. The molecule has 1 atom stereocenters. The molecule has 0 saturated heterocycles. The van der Waals surface area contributed by atoms with Gasteiger partial charge in [0, 0.05) is 0 Å². The number of carbonyl (C=O) groups excluding carboxylic acids is 1. The molecule has 0 spiro atoms. The fraction of sp³-hybridized carbons (Fsp3) is 0.312. The van der Waals surface area contributed by atoms with Crippen molar-refractivity contribution >= 4 is 17.5 Å². The van der Waals surface area contributed by atoms with Crippen molar-refractivity contribution in [3.8, 4) is 0 Å². The summed E-state index contributed by atoms with van der Waals surface area (Å²) in [5, 5.41) is 14.0. The maximum absolute atomic E-state index is 12.2. The second kappa shape index (κ2) is 5.54. The molecule has 1 heterocycles. The summed E-state index contributed by atoms with van der Waals surface area (Å²) < 4.78 is 5.33. The lowest BCUT2D eigenvalue weighted by molar-refractivity contribution is -0.00610.